The van der Waals surface area contributed by atoms with E-state index in [1.54, 1.807) is 23.1 Å². The third-order valence-corrected chi connectivity index (χ3v) is 5.69. The predicted octanol–water partition coefficient (Wildman–Crippen LogP) is 5.01. The summed E-state index contributed by atoms with van der Waals surface area (Å²) in [5, 5.41) is 1.66. The summed E-state index contributed by atoms with van der Waals surface area (Å²) in [6, 6.07) is 8.44. The number of hydrogen-bond acceptors (Lipinski definition) is 7. The Morgan fingerprint density at radius 1 is 1.09 bits per heavy atom. The van der Waals surface area contributed by atoms with Gasteiger partial charge in [0.2, 0.25) is 0 Å². The molecule has 1 aliphatic heterocycles. The molecule has 1 saturated heterocycles. The molecule has 8 nitrogen and oxygen atoms in total. The van der Waals surface area contributed by atoms with Gasteiger partial charge < -0.3 is 23.4 Å². The van der Waals surface area contributed by atoms with Crippen molar-refractivity contribution in [1.29, 1.82) is 0 Å². The Kier molecular flexibility index (Phi) is 5.52. The zero-order valence-electron chi connectivity index (χ0n) is 20.0. The first kappa shape index (κ1) is 22.9. The van der Waals surface area contributed by atoms with Crippen LogP contribution in [0.3, 0.4) is 0 Å². The Morgan fingerprint density at radius 2 is 1.82 bits per heavy atom. The van der Waals surface area contributed by atoms with Crippen LogP contribution in [0.1, 0.15) is 46.2 Å². The van der Waals surface area contributed by atoms with Gasteiger partial charge in [-0.25, -0.2) is 9.59 Å². The summed E-state index contributed by atoms with van der Waals surface area (Å²) >= 11 is 0. The van der Waals surface area contributed by atoms with Crippen LogP contribution in [0.25, 0.3) is 21.7 Å². The van der Waals surface area contributed by atoms with Crippen LogP contribution < -0.4 is 15.1 Å². The number of nitrogens with zero attached hydrogens (tertiary/aromatic N) is 1. The largest absolute Gasteiger partial charge is 0.497 e. The lowest BCUT2D eigenvalue weighted by Gasteiger charge is -2.35. The van der Waals surface area contributed by atoms with Gasteiger partial charge in [0.1, 0.15) is 28.4 Å². The van der Waals surface area contributed by atoms with E-state index in [0.717, 1.165) is 5.56 Å². The number of carbonyl (C=O) groups is 1. The maximum atomic E-state index is 13.1. The van der Waals surface area contributed by atoms with Crippen LogP contribution in [-0.4, -0.2) is 43.1 Å². The fourth-order valence-electron chi connectivity index (χ4n) is 4.21. The van der Waals surface area contributed by atoms with E-state index in [4.69, 9.17) is 23.4 Å². The molecule has 0 bridgehead atoms. The normalized spacial score (nSPS) is 18.0. The van der Waals surface area contributed by atoms with Crippen LogP contribution in [-0.2, 0) is 9.47 Å². The predicted molar refractivity (Wildman–Crippen MR) is 124 cm³/mol. The van der Waals surface area contributed by atoms with Crippen molar-refractivity contribution in [1.82, 2.24) is 4.90 Å². The van der Waals surface area contributed by atoms with Crippen molar-refractivity contribution in [3.8, 4) is 11.5 Å². The third kappa shape index (κ3) is 4.11. The molecule has 1 atom stereocenters. The molecular formula is C25H29NO7. The summed E-state index contributed by atoms with van der Waals surface area (Å²) in [6.07, 6.45) is -0.457. The maximum Gasteiger partial charge on any atom is 0.413 e. The highest BCUT2D eigenvalue weighted by molar-refractivity contribution is 6.08. The average Bonchev–Trinajstić information content (AvgIpc) is 3.06. The Morgan fingerprint density at radius 3 is 2.45 bits per heavy atom. The monoisotopic (exact) mass is 455 g/mol. The van der Waals surface area contributed by atoms with Crippen molar-refractivity contribution in [2.24, 2.45) is 0 Å². The highest BCUT2D eigenvalue weighted by atomic mass is 16.6. The highest BCUT2D eigenvalue weighted by Gasteiger charge is 2.46. The van der Waals surface area contributed by atoms with Crippen LogP contribution >= 0.6 is 0 Å². The molecule has 1 aromatic heterocycles. The fraction of sp³-hybridized carbons (Fsp3) is 0.440. The summed E-state index contributed by atoms with van der Waals surface area (Å²) in [6.45, 7) is 9.46. The van der Waals surface area contributed by atoms with Gasteiger partial charge in [-0.3, -0.25) is 4.90 Å². The van der Waals surface area contributed by atoms with Crippen molar-refractivity contribution in [3.63, 3.8) is 0 Å². The number of rotatable bonds is 3. The van der Waals surface area contributed by atoms with Gasteiger partial charge in [-0.1, -0.05) is 6.07 Å². The first-order chi connectivity index (χ1) is 15.4. The Labute approximate surface area is 192 Å². The zero-order valence-corrected chi connectivity index (χ0v) is 20.0. The van der Waals surface area contributed by atoms with Crippen LogP contribution in [0.5, 0.6) is 11.5 Å². The summed E-state index contributed by atoms with van der Waals surface area (Å²) < 4.78 is 28.1. The van der Waals surface area contributed by atoms with Crippen molar-refractivity contribution in [3.05, 3.63) is 46.3 Å². The lowest BCUT2D eigenvalue weighted by molar-refractivity contribution is -0.0626. The van der Waals surface area contributed by atoms with Crippen molar-refractivity contribution < 1.29 is 28.2 Å². The van der Waals surface area contributed by atoms with Crippen LogP contribution in [0.15, 0.2) is 39.5 Å². The molecule has 1 fully saturated rings. The third-order valence-electron chi connectivity index (χ3n) is 5.69. The SMILES string of the molecule is COc1cc(OC)c2c(c1)c(=O)oc1ccc([C@@H]3COC(C)(C)N3C(=O)OC(C)(C)C)cc12. The quantitative estimate of drug-likeness (QED) is 0.405. The molecule has 2 heterocycles. The number of amides is 1. The van der Waals surface area contributed by atoms with E-state index < -0.39 is 23.0 Å². The van der Waals surface area contributed by atoms with Gasteiger partial charge >= 0.3 is 11.7 Å². The van der Waals surface area contributed by atoms with Gasteiger partial charge in [0.25, 0.3) is 0 Å². The molecule has 1 amide bonds. The Bertz CT molecular complexity index is 1290. The molecule has 0 N–H and O–H groups in total. The van der Waals surface area contributed by atoms with E-state index in [0.29, 0.717) is 39.8 Å². The number of carbonyl (C=O) groups excluding carboxylic acids is 1. The minimum Gasteiger partial charge on any atom is -0.497 e. The van der Waals surface area contributed by atoms with E-state index in [1.807, 2.05) is 46.8 Å². The number of ether oxygens (including phenoxy) is 4. The second kappa shape index (κ2) is 7.95. The minimum atomic E-state index is -0.849. The molecule has 0 aliphatic carbocycles. The molecule has 176 valence electrons. The first-order valence-corrected chi connectivity index (χ1v) is 10.7. The van der Waals surface area contributed by atoms with E-state index in [1.165, 1.54) is 14.2 Å². The summed E-state index contributed by atoms with van der Waals surface area (Å²) in [4.78, 5) is 27.4. The standard InChI is InChI=1S/C25H29NO7/c1-24(2,3)33-23(28)26-18(13-31-25(26,4)5)14-8-9-19-16(10-14)21-17(22(27)32-19)11-15(29-6)12-20(21)30-7/h8-12,18H,13H2,1-7H3/t18-/m0/s1. The van der Waals surface area contributed by atoms with Crippen LogP contribution in [0.2, 0.25) is 0 Å². The van der Waals surface area contributed by atoms with Gasteiger partial charge in [0.05, 0.1) is 32.3 Å². The van der Waals surface area contributed by atoms with Gasteiger partial charge in [0.15, 0.2) is 0 Å². The zero-order chi connectivity index (χ0) is 24.1. The lowest BCUT2D eigenvalue weighted by atomic mass is 10.00. The molecule has 0 unspecified atom stereocenters. The molecule has 33 heavy (non-hydrogen) atoms. The van der Waals surface area contributed by atoms with E-state index in [-0.39, 0.29) is 6.04 Å². The first-order valence-electron chi connectivity index (χ1n) is 10.7. The lowest BCUT2D eigenvalue weighted by Crippen LogP contribution is -2.47. The number of fused-ring (bicyclic) bond motifs is 3. The molecule has 0 saturated carbocycles. The van der Waals surface area contributed by atoms with Crippen molar-refractivity contribution >= 4 is 27.8 Å². The topological polar surface area (TPSA) is 87.4 Å². The summed E-state index contributed by atoms with van der Waals surface area (Å²) in [7, 11) is 3.06. The Balaban J connectivity index is 1.89. The number of hydrogen-bond donors (Lipinski definition) is 0. The molecule has 8 heteroatoms. The molecule has 0 radical (unpaired) electrons. The average molecular weight is 456 g/mol. The smallest absolute Gasteiger partial charge is 0.413 e. The van der Waals surface area contributed by atoms with Crippen molar-refractivity contribution in [2.45, 2.75) is 52.0 Å². The molecule has 2 aromatic carbocycles. The second-order valence-electron chi connectivity index (χ2n) is 9.52. The summed E-state index contributed by atoms with van der Waals surface area (Å²) in [5.41, 5.74) is -0.731. The van der Waals surface area contributed by atoms with E-state index >= 15 is 0 Å². The number of methoxy groups -OCH3 is 2. The molecular weight excluding hydrogens is 426 g/mol. The second-order valence-corrected chi connectivity index (χ2v) is 9.52. The van der Waals surface area contributed by atoms with Gasteiger partial charge in [0, 0.05) is 16.8 Å². The Hall–Kier alpha value is -3.26. The molecule has 3 aromatic rings. The van der Waals surface area contributed by atoms with E-state index in [2.05, 4.69) is 0 Å². The molecule has 0 spiro atoms. The van der Waals surface area contributed by atoms with Gasteiger partial charge in [-0.15, -0.1) is 0 Å². The van der Waals surface area contributed by atoms with Crippen LogP contribution in [0, 0.1) is 0 Å². The van der Waals surface area contributed by atoms with E-state index in [9.17, 15) is 9.59 Å². The van der Waals surface area contributed by atoms with Crippen LogP contribution in [0.4, 0.5) is 4.79 Å². The molecule has 1 aliphatic rings. The fourth-order valence-corrected chi connectivity index (χ4v) is 4.21. The highest BCUT2D eigenvalue weighted by Crippen LogP contribution is 2.41. The molecule has 4 rings (SSSR count). The maximum absolute atomic E-state index is 13.1. The summed E-state index contributed by atoms with van der Waals surface area (Å²) in [5.74, 6) is 0.982. The van der Waals surface area contributed by atoms with Gasteiger partial charge in [-0.05, 0) is 58.4 Å². The van der Waals surface area contributed by atoms with Gasteiger partial charge in [-0.2, -0.15) is 0 Å². The van der Waals surface area contributed by atoms with Crippen molar-refractivity contribution in [2.75, 3.05) is 20.8 Å². The number of benzene rings is 2. The minimum absolute atomic E-state index is 0.303.